The van der Waals surface area contributed by atoms with Crippen molar-refractivity contribution in [2.75, 3.05) is 60.0 Å². The van der Waals surface area contributed by atoms with Gasteiger partial charge in [0.1, 0.15) is 30.3 Å². The highest BCUT2D eigenvalue weighted by Crippen LogP contribution is 2.72. The molecule has 2 aromatic carbocycles. The van der Waals surface area contributed by atoms with Crippen molar-refractivity contribution in [1.82, 2.24) is 0 Å². The molecule has 126 heavy (non-hydrogen) atoms. The van der Waals surface area contributed by atoms with Crippen molar-refractivity contribution >= 4 is 71.5 Å². The number of nitrogens with zero attached hydrogens (tertiary/aromatic N) is 4. The Morgan fingerprint density at radius 1 is 0.524 bits per heavy atom. The number of hydrogen-bond acceptors (Lipinski definition) is 35. The Morgan fingerprint density at radius 3 is 1.48 bits per heavy atom. The fourth-order valence-electron chi connectivity index (χ4n) is 18.7. The molecule has 18 atom stereocenters. The third-order valence-corrected chi connectivity index (χ3v) is 24.5. The van der Waals surface area contributed by atoms with Gasteiger partial charge in [0.05, 0.1) is 65.1 Å². The number of alkyl halides is 4. The summed E-state index contributed by atoms with van der Waals surface area (Å²) in [6.07, 6.45) is -1.46. The van der Waals surface area contributed by atoms with Gasteiger partial charge in [0.15, 0.2) is 53.4 Å². The number of methoxy groups -OCH3 is 1. The second kappa shape index (κ2) is 42.9. The summed E-state index contributed by atoms with van der Waals surface area (Å²) < 4.78 is 113. The van der Waals surface area contributed by atoms with E-state index in [0.717, 1.165) is 24.3 Å². The first-order chi connectivity index (χ1) is 59.3. The molecule has 4 unspecified atom stereocenters. The van der Waals surface area contributed by atoms with Crippen molar-refractivity contribution in [3.8, 4) is 17.2 Å². The summed E-state index contributed by atoms with van der Waals surface area (Å²) in [4.78, 5) is 181. The third kappa shape index (κ3) is 22.9. The predicted octanol–water partition coefficient (Wildman–Crippen LogP) is 9.49. The monoisotopic (exact) mass is 1790 g/mol. The van der Waals surface area contributed by atoms with Crippen LogP contribution in [0.4, 0.5) is 27.2 Å². The van der Waals surface area contributed by atoms with Gasteiger partial charge in [-0.1, -0.05) is 44.6 Å². The number of benzene rings is 2. The lowest BCUT2D eigenvalue weighted by Gasteiger charge is -2.63. The van der Waals surface area contributed by atoms with Crippen molar-refractivity contribution in [3.05, 3.63) is 153 Å². The standard InChI is InChI=1S/C42H50F2N2O17.C23H29F2NO8.C18H21NO10/c1-25-19-26(11-13-36(51)58-16-7-8-18-61-46(56)57)10-12-32(25)62-38(53)59-24-35(50)42(63-37(52)9-5-4-6-17-60-45(54)55)33(48)22-28-29-21-31(43)30-20-27(47)14-15-39(30,2)41(29,44)34(49)23-40(28,42)3;1-21-11-18(29)23(25)14(9-16(24)15-8-12(27)5-6-22(15,23)2)13(21)10-17(28)20(21)34-19(30)4-3-7-33-26(31)32;1-13(20)12-27-18(22)29-15-7-5-14(11-16(15)25-2)6-8-17(21)26-9-3-4-10-28-19(23)24/h10-15,19-20,28-29,31,33-34,48-49H,4-9,16-18,21-24H2,1-3H3;5-6,8,13-14,16-18,20,28-29H,3-4,7,9-11H2,1-2H3;5-8,11H,3-4,9-10,12H2,1-2H3/b13-11+;;8-6+/t28?,29?,31-,33+,34-,39-,40-,41-,42-;13?,14?,16-,17+,18-,20+,21-,22-,23-;/m00./s1. The first kappa shape index (κ1) is 99.6. The van der Waals surface area contributed by atoms with Crippen LogP contribution >= 0.6 is 0 Å². The molecule has 0 spiro atoms. The second-order valence-corrected chi connectivity index (χ2v) is 32.4. The molecule has 690 valence electrons. The van der Waals surface area contributed by atoms with Crippen LogP contribution in [0.3, 0.4) is 0 Å². The van der Waals surface area contributed by atoms with E-state index in [2.05, 4.69) is 24.1 Å². The van der Waals surface area contributed by atoms with Crippen LogP contribution in [0.25, 0.3) is 12.2 Å². The zero-order valence-electron chi connectivity index (χ0n) is 69.8. The lowest BCUT2D eigenvalue weighted by Crippen LogP contribution is -2.71. The maximum absolute atomic E-state index is 17.8. The number of unbranched alkanes of at least 4 members (excludes halogenated alkanes) is 4. The van der Waals surface area contributed by atoms with Gasteiger partial charge in [-0.15, -0.1) is 40.5 Å². The molecule has 0 saturated heterocycles. The van der Waals surface area contributed by atoms with Crippen molar-refractivity contribution in [2.24, 2.45) is 45.3 Å². The first-order valence-corrected chi connectivity index (χ1v) is 40.3. The van der Waals surface area contributed by atoms with Crippen molar-refractivity contribution in [2.45, 2.75) is 204 Å². The van der Waals surface area contributed by atoms with E-state index in [-0.39, 0.29) is 138 Å². The quantitative estimate of drug-likeness (QED) is 0.00710. The highest BCUT2D eigenvalue weighted by atomic mass is 19.2. The summed E-state index contributed by atoms with van der Waals surface area (Å²) in [5, 5.41) is 82.7. The molecule has 10 rings (SSSR count). The average molecular weight is 1790 g/mol. The molecule has 2 aromatic rings. The minimum Gasteiger partial charge on any atom is -0.493 e. The van der Waals surface area contributed by atoms with Crippen LogP contribution in [-0.4, -0.2) is 220 Å². The molecule has 0 heterocycles. The maximum Gasteiger partial charge on any atom is 0.514 e. The van der Waals surface area contributed by atoms with Crippen LogP contribution in [0.5, 0.6) is 17.2 Å². The largest absolute Gasteiger partial charge is 0.514 e. The highest BCUT2D eigenvalue weighted by molar-refractivity contribution is 6.02. The van der Waals surface area contributed by atoms with Gasteiger partial charge in [-0.05, 0) is 212 Å². The van der Waals surface area contributed by atoms with Crippen LogP contribution < -0.4 is 14.2 Å². The Bertz CT molecular complexity index is 4620. The normalized spacial score (nSPS) is 29.8. The van der Waals surface area contributed by atoms with E-state index in [1.54, 1.807) is 26.0 Å². The van der Waals surface area contributed by atoms with Gasteiger partial charge in [0.25, 0.3) is 20.3 Å². The molecular formula is C83H100F4N4O35. The number of ether oxygens (including phenoxy) is 9. The van der Waals surface area contributed by atoms with Crippen LogP contribution in [0.2, 0.25) is 0 Å². The molecule has 6 saturated carbocycles. The predicted molar refractivity (Wildman–Crippen MR) is 421 cm³/mol. The Balaban J connectivity index is 0.000000261. The van der Waals surface area contributed by atoms with Gasteiger partial charge in [-0.2, -0.15) is 0 Å². The minimum atomic E-state index is -2.59. The van der Waals surface area contributed by atoms with Crippen molar-refractivity contribution in [3.63, 3.8) is 0 Å². The molecule has 43 heteroatoms. The Hall–Kier alpha value is -11.9. The molecule has 0 amide bonds. The van der Waals surface area contributed by atoms with Gasteiger partial charge < -0.3 is 82.4 Å². The SMILES string of the molecule is COc1cc(/C=C/C(=O)OCCCCO[N+](=O)[O-])ccc1OC(=O)OCC(C)=O.C[C@]12C[C@H](O)[C@@]3(F)C(C[C@H](F)C4=CC(=O)C=C[C@@]43C)C1C[C@@H](O)[C@H]2OC(=O)CCCO[N+](=O)[O-].Cc1cc(/C=C/C(=O)OCCCCO[N+](=O)[O-])ccc1OC(=O)OCC(=O)[C@@]1(OC(=O)CCCCCO[N+](=O)[O-])[C@H](O)CC2C3C[C@H](F)C4=CC(=O)C=C[C@]4(C)[C@@]3(F)[C@@H](O)C[C@@]21C. The lowest BCUT2D eigenvalue weighted by molar-refractivity contribution is -0.757. The number of halogens is 4. The zero-order chi connectivity index (χ0) is 93.0. The topological polar surface area (TPSA) is 544 Å². The van der Waals surface area contributed by atoms with E-state index < -0.39 is 205 Å². The van der Waals surface area contributed by atoms with E-state index in [0.29, 0.717) is 42.4 Å². The number of esters is 4. The van der Waals surface area contributed by atoms with Crippen molar-refractivity contribution in [1.29, 1.82) is 0 Å². The smallest absolute Gasteiger partial charge is 0.493 e. The summed E-state index contributed by atoms with van der Waals surface area (Å²) in [7, 11) is 1.37. The number of Topliss-reactive ketones (excluding diaryl/α,β-unsaturated/α-hetero) is 2. The number of allylic oxidation sites excluding steroid dienone is 8. The Kier molecular flexibility index (Phi) is 33.9. The van der Waals surface area contributed by atoms with Gasteiger partial charge >= 0.3 is 36.2 Å². The molecule has 6 fully saturated rings. The van der Waals surface area contributed by atoms with Crippen LogP contribution in [0.15, 0.2) is 96.2 Å². The molecule has 4 N–H and O–H groups in total. The summed E-state index contributed by atoms with van der Waals surface area (Å²) in [5.74, 6) is -9.14. The molecular weight excluding hydrogens is 1690 g/mol. The highest BCUT2D eigenvalue weighted by Gasteiger charge is 2.79. The molecule has 39 nitrogen and oxygen atoms in total. The number of aryl methyl sites for hydroxylation is 1. The van der Waals surface area contributed by atoms with E-state index in [1.807, 2.05) is 0 Å². The number of carbonyl (C=O) groups excluding carboxylic acids is 10. The van der Waals surface area contributed by atoms with Crippen LogP contribution in [0.1, 0.15) is 154 Å². The third-order valence-electron chi connectivity index (χ3n) is 24.5. The molecule has 0 bridgehead atoms. The molecule has 0 radical (unpaired) electrons. The summed E-state index contributed by atoms with van der Waals surface area (Å²) >= 11 is 0. The average Bonchev–Trinajstić information content (AvgIpc) is 1.39. The van der Waals surface area contributed by atoms with Crippen LogP contribution in [-0.2, 0) is 86.1 Å². The van der Waals surface area contributed by atoms with Gasteiger partial charge in [-0.25, -0.2) is 36.7 Å². The van der Waals surface area contributed by atoms with E-state index in [1.165, 1.54) is 95.5 Å². The van der Waals surface area contributed by atoms with E-state index in [9.17, 15) is 109 Å². The summed E-state index contributed by atoms with van der Waals surface area (Å²) in [5.41, 5.74) is -12.2. The molecule has 0 aliphatic heterocycles. The van der Waals surface area contributed by atoms with Crippen molar-refractivity contribution < 1.29 is 168 Å². The summed E-state index contributed by atoms with van der Waals surface area (Å²) in [6, 6.07) is 8.95. The fraction of sp³-hybridized carbons (Fsp3) is 0.590. The molecule has 0 aromatic heterocycles. The van der Waals surface area contributed by atoms with E-state index in [4.69, 9.17) is 37.9 Å². The number of carbonyl (C=O) groups is 10. The number of rotatable bonds is 38. The molecule has 8 aliphatic rings. The Labute approximate surface area is 717 Å². The lowest BCUT2D eigenvalue weighted by atomic mass is 9.44. The number of aliphatic hydroxyl groups is 4. The fourth-order valence-corrected chi connectivity index (χ4v) is 18.7. The second-order valence-electron chi connectivity index (χ2n) is 32.4. The van der Waals surface area contributed by atoms with Crippen LogP contribution in [0, 0.1) is 92.7 Å². The number of hydrogen-bond donors (Lipinski definition) is 4. The number of ketones is 4. The van der Waals surface area contributed by atoms with Gasteiger partial charge in [0, 0.05) is 58.5 Å². The van der Waals surface area contributed by atoms with Gasteiger partial charge in [0.2, 0.25) is 11.4 Å². The minimum absolute atomic E-state index is 0.00469. The van der Waals surface area contributed by atoms with Gasteiger partial charge in [-0.3, -0.25) is 28.8 Å². The molecule has 8 aliphatic carbocycles. The first-order valence-electron chi connectivity index (χ1n) is 40.3. The Morgan fingerprint density at radius 2 is 0.976 bits per heavy atom. The summed E-state index contributed by atoms with van der Waals surface area (Å²) in [6.45, 7) is 6.70. The number of aliphatic hydroxyl groups excluding tert-OH is 4. The number of fused-ring (bicyclic) bond motifs is 10. The van der Waals surface area contributed by atoms with E-state index >= 15 is 17.6 Å². The zero-order valence-corrected chi connectivity index (χ0v) is 69.8. The maximum atomic E-state index is 17.8.